The van der Waals surface area contributed by atoms with E-state index in [-0.39, 0.29) is 25.5 Å². The summed E-state index contributed by atoms with van der Waals surface area (Å²) in [5, 5.41) is 6.20. The normalized spacial score (nSPS) is 25.2. The van der Waals surface area contributed by atoms with E-state index in [4.69, 9.17) is 18.4 Å². The number of rotatable bonds is 13. The zero-order valence-electron chi connectivity index (χ0n) is 29.9. The minimum atomic E-state index is -4.42. The number of hydrogen-bond acceptors (Lipinski definition) is 11. The second-order valence-electron chi connectivity index (χ2n) is 15.1. The number of hydrogen-bond donors (Lipinski definition) is 3. The van der Waals surface area contributed by atoms with Crippen LogP contribution in [0.5, 0.6) is 11.5 Å². The van der Waals surface area contributed by atoms with E-state index < -0.39 is 75.3 Å². The summed E-state index contributed by atoms with van der Waals surface area (Å²) in [6, 6.07) is 4.79. The molecule has 1 aromatic carbocycles. The highest BCUT2D eigenvalue weighted by molar-refractivity contribution is 7.85. The Morgan fingerprint density at radius 1 is 1.06 bits per heavy atom. The Bertz CT molecular complexity index is 1840. The Hall–Kier alpha value is -4.44. The van der Waals surface area contributed by atoms with E-state index >= 15 is 0 Å². The Labute approximate surface area is 303 Å². The molecule has 52 heavy (non-hydrogen) atoms. The molecule has 0 radical (unpaired) electrons. The van der Waals surface area contributed by atoms with Crippen LogP contribution in [-0.4, -0.2) is 91.7 Å². The van der Waals surface area contributed by atoms with Crippen molar-refractivity contribution in [3.63, 3.8) is 0 Å². The van der Waals surface area contributed by atoms with Gasteiger partial charge in [0.05, 0.1) is 25.3 Å². The minimum Gasteiger partial charge on any atom is -0.497 e. The molecule has 5 atom stereocenters. The van der Waals surface area contributed by atoms with Gasteiger partial charge in [0, 0.05) is 30.0 Å². The summed E-state index contributed by atoms with van der Waals surface area (Å²) in [5.41, 5.74) is -1.81. The molecule has 3 aliphatic carbocycles. The van der Waals surface area contributed by atoms with Crippen LogP contribution in [-0.2, 0) is 33.6 Å². The Balaban J connectivity index is 1.26. The maximum Gasteiger partial charge on any atom is 0.408 e. The van der Waals surface area contributed by atoms with Gasteiger partial charge in [0.1, 0.15) is 41.3 Å². The highest BCUT2D eigenvalue weighted by Gasteiger charge is 2.62. The zero-order chi connectivity index (χ0) is 37.4. The molecule has 0 bridgehead atoms. The lowest BCUT2D eigenvalue weighted by Gasteiger charge is -2.35. The molecule has 2 heterocycles. The van der Waals surface area contributed by atoms with Crippen molar-refractivity contribution in [3.8, 4) is 11.5 Å². The molecular weight excluding hydrogens is 694 g/mol. The molecule has 282 valence electrons. The number of pyridine rings is 1. The van der Waals surface area contributed by atoms with Crippen LogP contribution >= 0.6 is 0 Å². The molecular formula is C36H47N5O10S. The van der Waals surface area contributed by atoms with Crippen molar-refractivity contribution in [2.75, 3.05) is 13.7 Å². The molecule has 4 amide bonds. The van der Waals surface area contributed by atoms with Gasteiger partial charge < -0.3 is 29.7 Å². The quantitative estimate of drug-likeness (QED) is 0.256. The van der Waals surface area contributed by atoms with Crippen molar-refractivity contribution in [2.24, 2.45) is 11.3 Å². The van der Waals surface area contributed by atoms with Gasteiger partial charge >= 0.3 is 16.4 Å². The number of fused-ring (bicyclic) bond motifs is 1. The van der Waals surface area contributed by atoms with E-state index in [2.05, 4.69) is 22.2 Å². The summed E-state index contributed by atoms with van der Waals surface area (Å²) in [6.45, 7) is 9.11. The van der Waals surface area contributed by atoms with Crippen LogP contribution in [0.2, 0.25) is 0 Å². The number of likely N-dealkylation sites (tertiary alicyclic amines) is 1. The summed E-state index contributed by atoms with van der Waals surface area (Å²) < 4.78 is 49.4. The molecule has 3 saturated carbocycles. The van der Waals surface area contributed by atoms with Crippen molar-refractivity contribution in [1.82, 2.24) is 25.2 Å². The third-order valence-corrected chi connectivity index (χ3v) is 11.0. The van der Waals surface area contributed by atoms with Crippen molar-refractivity contribution < 1.29 is 46.0 Å². The summed E-state index contributed by atoms with van der Waals surface area (Å²) in [7, 11) is -2.87. The molecule has 4 fully saturated rings. The topological polar surface area (TPSA) is 192 Å². The molecule has 1 saturated heterocycles. The lowest BCUT2D eigenvalue weighted by Crippen LogP contribution is -2.60. The molecule has 6 rings (SSSR count). The Morgan fingerprint density at radius 3 is 2.42 bits per heavy atom. The number of methoxy groups -OCH3 is 1. The third kappa shape index (κ3) is 8.27. The predicted molar refractivity (Wildman–Crippen MR) is 188 cm³/mol. The molecule has 0 spiro atoms. The lowest BCUT2D eigenvalue weighted by atomic mass is 9.85. The predicted octanol–water partition coefficient (Wildman–Crippen LogP) is 3.28. The molecule has 1 unspecified atom stereocenters. The highest BCUT2D eigenvalue weighted by atomic mass is 32.2. The standard InChI is InChI=1S/C36H47N5O10S/c1-6-21-19-36(21,33(44)40-52(46,47)51-23-11-12-23)39-31(42)28-18-25(49-29-15-16-37-27-17-24(48-5)13-14-26(27)29)20-41(28)32(43)30(35(2,3)4)38-34(45)50-22-9-7-8-10-22/h6,13-17,21-23,25,28,30H,1,7-12,18-20H2,2-5H3,(H,38,45)(H,39,42)(H,40,44)/t21-,25+,28?,30+,36+/m0/s1. The average Bonchev–Trinajstić information content (AvgIpc) is 3.92. The number of carbonyl (C=O) groups is 4. The van der Waals surface area contributed by atoms with Gasteiger partial charge in [0.2, 0.25) is 11.8 Å². The smallest absolute Gasteiger partial charge is 0.408 e. The van der Waals surface area contributed by atoms with Crippen LogP contribution in [0.1, 0.15) is 72.1 Å². The first-order valence-electron chi connectivity index (χ1n) is 17.7. The van der Waals surface area contributed by atoms with Gasteiger partial charge in [0.15, 0.2) is 0 Å². The van der Waals surface area contributed by atoms with E-state index in [1.807, 2.05) is 4.72 Å². The van der Waals surface area contributed by atoms with E-state index in [1.54, 1.807) is 58.3 Å². The number of alkyl carbamates (subject to hydrolysis) is 1. The third-order valence-electron chi connectivity index (χ3n) is 10.1. The second kappa shape index (κ2) is 14.5. The van der Waals surface area contributed by atoms with E-state index in [0.717, 1.165) is 25.7 Å². The van der Waals surface area contributed by atoms with Gasteiger partial charge in [0.25, 0.3) is 5.91 Å². The molecule has 15 nitrogen and oxygen atoms in total. The fourth-order valence-corrected chi connectivity index (χ4v) is 7.93. The largest absolute Gasteiger partial charge is 0.497 e. The number of aromatic nitrogens is 1. The zero-order valence-corrected chi connectivity index (χ0v) is 30.7. The second-order valence-corrected chi connectivity index (χ2v) is 16.4. The number of amides is 4. The first-order valence-corrected chi connectivity index (χ1v) is 19.1. The molecule has 1 aromatic heterocycles. The molecule has 3 N–H and O–H groups in total. The van der Waals surface area contributed by atoms with Crippen LogP contribution in [0.15, 0.2) is 43.1 Å². The van der Waals surface area contributed by atoms with E-state index in [0.29, 0.717) is 35.2 Å². The van der Waals surface area contributed by atoms with Crippen molar-refractivity contribution in [2.45, 2.75) is 108 Å². The van der Waals surface area contributed by atoms with Crippen molar-refractivity contribution in [3.05, 3.63) is 43.1 Å². The number of nitrogens with one attached hydrogen (secondary N) is 3. The van der Waals surface area contributed by atoms with Gasteiger partial charge in [-0.25, -0.2) is 9.52 Å². The van der Waals surface area contributed by atoms with Gasteiger partial charge in [-0.05, 0) is 68.6 Å². The number of nitrogens with zero attached hydrogens (tertiary/aromatic N) is 2. The van der Waals surface area contributed by atoms with Crippen LogP contribution in [0.25, 0.3) is 10.9 Å². The SMILES string of the molecule is C=C[C@H]1C[C@]1(NC(=O)C1C[C@@H](Oc2ccnc3cc(OC)ccc23)CN1C(=O)[C@@H](NC(=O)OC1CCCC1)C(C)(C)C)C(=O)NS(=O)(=O)OC1CC1. The maximum absolute atomic E-state index is 14.5. The molecule has 1 aliphatic heterocycles. The first kappa shape index (κ1) is 37.3. The van der Waals surface area contributed by atoms with Gasteiger partial charge in [-0.15, -0.1) is 6.58 Å². The summed E-state index contributed by atoms with van der Waals surface area (Å²) in [4.78, 5) is 61.0. The number of benzene rings is 1. The highest BCUT2D eigenvalue weighted by Crippen LogP contribution is 2.45. The monoisotopic (exact) mass is 741 g/mol. The van der Waals surface area contributed by atoms with Crippen molar-refractivity contribution in [1.29, 1.82) is 0 Å². The first-order chi connectivity index (χ1) is 24.6. The molecule has 16 heteroatoms. The minimum absolute atomic E-state index is 0.0282. The number of ether oxygens (including phenoxy) is 3. The van der Waals surface area contributed by atoms with Crippen molar-refractivity contribution >= 4 is 45.0 Å². The van der Waals surface area contributed by atoms with Gasteiger partial charge in [-0.3, -0.25) is 23.6 Å². The lowest BCUT2D eigenvalue weighted by molar-refractivity contribution is -0.143. The van der Waals surface area contributed by atoms with E-state index in [1.165, 1.54) is 11.0 Å². The summed E-state index contributed by atoms with van der Waals surface area (Å²) in [5.74, 6) is -1.67. The van der Waals surface area contributed by atoms with Crippen LogP contribution < -0.4 is 24.8 Å². The van der Waals surface area contributed by atoms with Gasteiger partial charge in [-0.2, -0.15) is 8.42 Å². The maximum atomic E-state index is 14.5. The fraction of sp³-hybridized carbons (Fsp3) is 0.583. The van der Waals surface area contributed by atoms with Crippen LogP contribution in [0.3, 0.4) is 0 Å². The summed E-state index contributed by atoms with van der Waals surface area (Å²) >= 11 is 0. The fourth-order valence-electron chi connectivity index (χ4n) is 6.92. The van der Waals surface area contributed by atoms with Crippen LogP contribution in [0.4, 0.5) is 4.79 Å². The molecule has 2 aromatic rings. The Morgan fingerprint density at radius 2 is 1.79 bits per heavy atom. The van der Waals surface area contributed by atoms with Crippen LogP contribution in [0, 0.1) is 11.3 Å². The Kier molecular flexibility index (Phi) is 10.4. The summed E-state index contributed by atoms with van der Waals surface area (Å²) in [6.07, 6.45) is 5.59. The van der Waals surface area contributed by atoms with Gasteiger partial charge in [-0.1, -0.05) is 26.8 Å². The average molecular weight is 742 g/mol. The van der Waals surface area contributed by atoms with E-state index in [9.17, 15) is 27.6 Å². The number of carbonyl (C=O) groups excluding carboxylic acids is 4. The molecule has 4 aliphatic rings.